The van der Waals surface area contributed by atoms with Crippen molar-refractivity contribution in [2.24, 2.45) is 0 Å². The van der Waals surface area contributed by atoms with Gasteiger partial charge in [-0.1, -0.05) is 0 Å². The Morgan fingerprint density at radius 1 is 1.00 bits per heavy atom. The van der Waals surface area contributed by atoms with Gasteiger partial charge in [-0.15, -0.1) is 0 Å². The van der Waals surface area contributed by atoms with Crippen LogP contribution in [0.1, 0.15) is 13.8 Å². The Morgan fingerprint density at radius 2 is 1.30 bits per heavy atom. The van der Waals surface area contributed by atoms with Crippen molar-refractivity contribution in [1.29, 1.82) is 0 Å². The Morgan fingerprint density at radius 3 is 1.50 bits per heavy atom. The van der Waals surface area contributed by atoms with Crippen LogP contribution in [0.2, 0.25) is 0 Å². The Labute approximate surface area is 71.5 Å². The highest BCUT2D eigenvalue weighted by molar-refractivity contribution is 7.88. The van der Waals surface area contributed by atoms with Crippen molar-refractivity contribution in [3.63, 3.8) is 0 Å². The molecule has 2 nitrogen and oxygen atoms in total. The zero-order valence-electron chi connectivity index (χ0n) is 6.05. The molecule has 0 saturated carbocycles. The van der Waals surface area contributed by atoms with Gasteiger partial charge in [-0.3, -0.25) is 0 Å². The van der Waals surface area contributed by atoms with E-state index in [2.05, 4.69) is 0 Å². The van der Waals surface area contributed by atoms with E-state index in [0.717, 1.165) is 0 Å². The fourth-order valence-electron chi connectivity index (χ4n) is 0.380. The Kier molecular flexibility index (Phi) is 5.43. The van der Waals surface area contributed by atoms with Gasteiger partial charge in [0.1, 0.15) is 0 Å². The molecular formula is C6H10O2S2. The summed E-state index contributed by atoms with van der Waals surface area (Å²) in [6, 6.07) is 0. The first kappa shape index (κ1) is 9.78. The maximum absolute atomic E-state index is 4.92. The quantitative estimate of drug-likeness (QED) is 0.599. The third-order valence-electron chi connectivity index (χ3n) is 0.718. The first-order chi connectivity index (χ1) is 4.72. The zero-order chi connectivity index (χ0) is 7.98. The minimum Gasteiger partial charge on any atom is -0.480 e. The fraction of sp³-hybridized carbons (Fsp3) is 0.667. The van der Waals surface area contributed by atoms with Crippen molar-refractivity contribution in [1.82, 2.24) is 0 Å². The highest BCUT2D eigenvalue weighted by Crippen LogP contribution is 1.90. The summed E-state index contributed by atoms with van der Waals surface area (Å²) >= 11 is 9.51. The van der Waals surface area contributed by atoms with Gasteiger partial charge >= 0.3 is 0 Å². The van der Waals surface area contributed by atoms with Gasteiger partial charge in [-0.2, -0.15) is 0 Å². The van der Waals surface area contributed by atoms with Gasteiger partial charge in [0.25, 0.3) is 0 Å². The van der Waals surface area contributed by atoms with Crippen LogP contribution in [-0.2, 0) is 9.47 Å². The third-order valence-corrected chi connectivity index (χ3v) is 1.45. The molecule has 0 aliphatic rings. The molecule has 0 atom stereocenters. The Balaban J connectivity index is 3.60. The standard InChI is InChI=1S/C6H10O2S2/c1-3-7-5(9)6(10)8-4-2/h3-4H2,1-2H3. The molecule has 0 heterocycles. The Hall–Kier alpha value is -0.220. The molecule has 0 aromatic carbocycles. The fourth-order valence-corrected chi connectivity index (χ4v) is 0.734. The van der Waals surface area contributed by atoms with E-state index in [0.29, 0.717) is 13.2 Å². The lowest BCUT2D eigenvalue weighted by Crippen LogP contribution is -2.16. The third kappa shape index (κ3) is 3.74. The molecule has 0 aromatic rings. The van der Waals surface area contributed by atoms with Crippen LogP contribution < -0.4 is 0 Å². The van der Waals surface area contributed by atoms with E-state index in [1.807, 2.05) is 13.8 Å². The topological polar surface area (TPSA) is 18.5 Å². The summed E-state index contributed by atoms with van der Waals surface area (Å²) in [7, 11) is 0. The van der Waals surface area contributed by atoms with Crippen LogP contribution in [0.3, 0.4) is 0 Å². The molecule has 0 unspecified atom stereocenters. The van der Waals surface area contributed by atoms with Gasteiger partial charge in [-0.25, -0.2) is 0 Å². The van der Waals surface area contributed by atoms with Gasteiger partial charge in [-0.05, 0) is 38.3 Å². The van der Waals surface area contributed by atoms with Crippen LogP contribution in [0, 0.1) is 0 Å². The number of hydrogen-bond acceptors (Lipinski definition) is 4. The normalized spacial score (nSPS) is 8.60. The number of thiocarbonyl (C=S) groups is 2. The van der Waals surface area contributed by atoms with E-state index in [-0.39, 0.29) is 10.1 Å². The van der Waals surface area contributed by atoms with Crippen molar-refractivity contribution in [3.8, 4) is 0 Å². The second kappa shape index (κ2) is 5.56. The van der Waals surface area contributed by atoms with Crippen molar-refractivity contribution in [2.75, 3.05) is 13.2 Å². The number of rotatable bonds is 2. The molecule has 10 heavy (non-hydrogen) atoms. The second-order valence-corrected chi connectivity index (χ2v) is 2.18. The van der Waals surface area contributed by atoms with E-state index in [1.165, 1.54) is 0 Å². The van der Waals surface area contributed by atoms with Gasteiger partial charge in [0.05, 0.1) is 13.2 Å². The molecule has 58 valence electrons. The molecule has 4 heteroatoms. The molecule has 0 radical (unpaired) electrons. The number of ether oxygens (including phenoxy) is 2. The van der Waals surface area contributed by atoms with Crippen LogP contribution in [0.4, 0.5) is 0 Å². The lowest BCUT2D eigenvalue weighted by molar-refractivity contribution is 0.308. The van der Waals surface area contributed by atoms with Crippen molar-refractivity contribution in [2.45, 2.75) is 13.8 Å². The molecule has 0 aliphatic heterocycles. The summed E-state index contributed by atoms with van der Waals surface area (Å²) in [5, 5.41) is 0.554. The van der Waals surface area contributed by atoms with Crippen LogP contribution >= 0.6 is 24.4 Å². The van der Waals surface area contributed by atoms with Crippen LogP contribution in [0.15, 0.2) is 0 Å². The molecule has 0 rings (SSSR count). The monoisotopic (exact) mass is 178 g/mol. The summed E-state index contributed by atoms with van der Waals surface area (Å²) < 4.78 is 9.84. The molecule has 0 spiro atoms. The maximum atomic E-state index is 4.92. The maximum Gasteiger partial charge on any atom is 0.239 e. The molecule has 0 amide bonds. The summed E-state index contributed by atoms with van der Waals surface area (Å²) in [5.41, 5.74) is 0. The minimum atomic E-state index is 0.277. The van der Waals surface area contributed by atoms with Gasteiger partial charge in [0.15, 0.2) is 0 Å². The lowest BCUT2D eigenvalue weighted by atomic mass is 10.7. The van der Waals surface area contributed by atoms with E-state index in [1.54, 1.807) is 0 Å². The van der Waals surface area contributed by atoms with E-state index in [4.69, 9.17) is 33.9 Å². The molecule has 0 aliphatic carbocycles. The Bertz CT molecular complexity index is 118. The molecule has 0 fully saturated rings. The van der Waals surface area contributed by atoms with Crippen molar-refractivity contribution >= 4 is 34.5 Å². The predicted molar refractivity (Wildman–Crippen MR) is 48.4 cm³/mol. The van der Waals surface area contributed by atoms with E-state index in [9.17, 15) is 0 Å². The summed E-state index contributed by atoms with van der Waals surface area (Å²) in [6.45, 7) is 4.76. The molecule has 0 bridgehead atoms. The zero-order valence-corrected chi connectivity index (χ0v) is 7.68. The minimum absolute atomic E-state index is 0.277. The van der Waals surface area contributed by atoms with Gasteiger partial charge < -0.3 is 9.47 Å². The largest absolute Gasteiger partial charge is 0.480 e. The molecule has 0 saturated heterocycles. The SMILES string of the molecule is CCOC(=S)C(=S)OCC. The summed E-state index contributed by atoms with van der Waals surface area (Å²) in [6.07, 6.45) is 0. The van der Waals surface area contributed by atoms with Crippen LogP contribution in [-0.4, -0.2) is 23.3 Å². The van der Waals surface area contributed by atoms with Crippen LogP contribution in [0.25, 0.3) is 0 Å². The average molecular weight is 178 g/mol. The van der Waals surface area contributed by atoms with Gasteiger partial charge in [0.2, 0.25) is 10.1 Å². The lowest BCUT2D eigenvalue weighted by Gasteiger charge is -2.05. The van der Waals surface area contributed by atoms with Crippen molar-refractivity contribution < 1.29 is 9.47 Å². The predicted octanol–water partition coefficient (Wildman–Crippen LogP) is 1.71. The summed E-state index contributed by atoms with van der Waals surface area (Å²) in [5.74, 6) is 0. The van der Waals surface area contributed by atoms with Gasteiger partial charge in [0, 0.05) is 0 Å². The number of hydrogen-bond donors (Lipinski definition) is 0. The highest BCUT2D eigenvalue weighted by atomic mass is 32.1. The van der Waals surface area contributed by atoms with E-state index < -0.39 is 0 Å². The van der Waals surface area contributed by atoms with E-state index >= 15 is 0 Å². The van der Waals surface area contributed by atoms with Crippen molar-refractivity contribution in [3.05, 3.63) is 0 Å². The molecule has 0 N–H and O–H groups in total. The van der Waals surface area contributed by atoms with Crippen LogP contribution in [0.5, 0.6) is 0 Å². The summed E-state index contributed by atoms with van der Waals surface area (Å²) in [4.78, 5) is 0. The highest BCUT2D eigenvalue weighted by Gasteiger charge is 2.03. The second-order valence-electron chi connectivity index (χ2n) is 1.44. The first-order valence-corrected chi connectivity index (χ1v) is 3.87. The average Bonchev–Trinajstić information content (AvgIpc) is 1.89. The first-order valence-electron chi connectivity index (χ1n) is 3.06. The molecular weight excluding hydrogens is 168 g/mol. The molecule has 0 aromatic heterocycles. The smallest absolute Gasteiger partial charge is 0.239 e.